The highest BCUT2D eigenvalue weighted by molar-refractivity contribution is 7.86. The van der Waals surface area contributed by atoms with Crippen LogP contribution in [0, 0.1) is 6.92 Å². The zero-order chi connectivity index (χ0) is 22.4. The lowest BCUT2D eigenvalue weighted by molar-refractivity contribution is 0.0355. The Balaban J connectivity index is 2.09. The molecule has 1 amide bonds. The van der Waals surface area contributed by atoms with Crippen LogP contribution in [-0.2, 0) is 25.5 Å². The van der Waals surface area contributed by atoms with Crippen LogP contribution in [0.5, 0.6) is 0 Å². The average molecular weight is 436 g/mol. The number of nitrogens with one attached hydrogen (secondary N) is 1. The van der Waals surface area contributed by atoms with Crippen LogP contribution in [0.4, 0.5) is 4.79 Å². The van der Waals surface area contributed by atoms with Crippen LogP contribution in [0.3, 0.4) is 0 Å². The maximum absolute atomic E-state index is 12.4. The summed E-state index contributed by atoms with van der Waals surface area (Å²) in [5.41, 5.74) is 1.06. The molecule has 0 spiro atoms. The second-order valence-corrected chi connectivity index (χ2v) is 9.68. The Hall–Kier alpha value is -2.42. The highest BCUT2D eigenvalue weighted by Gasteiger charge is 2.27. The third-order valence-electron chi connectivity index (χ3n) is 4.17. The third kappa shape index (κ3) is 7.78. The molecular formula is C22H29NO6S. The van der Waals surface area contributed by atoms with Crippen molar-refractivity contribution in [3.63, 3.8) is 0 Å². The molecule has 0 aromatic heterocycles. The van der Waals surface area contributed by atoms with Gasteiger partial charge < -0.3 is 15.2 Å². The van der Waals surface area contributed by atoms with E-state index in [1.807, 2.05) is 37.3 Å². The van der Waals surface area contributed by atoms with Gasteiger partial charge in [0.2, 0.25) is 0 Å². The molecule has 7 nitrogen and oxygen atoms in total. The van der Waals surface area contributed by atoms with Crippen molar-refractivity contribution in [1.82, 2.24) is 5.32 Å². The number of benzene rings is 2. The molecule has 0 radical (unpaired) electrons. The summed E-state index contributed by atoms with van der Waals surface area (Å²) in [5, 5.41) is 13.2. The summed E-state index contributed by atoms with van der Waals surface area (Å²) in [7, 11) is -4.04. The second kappa shape index (κ2) is 10.1. The minimum absolute atomic E-state index is 0.0000100. The highest BCUT2D eigenvalue weighted by Crippen LogP contribution is 2.15. The molecule has 164 valence electrons. The second-order valence-electron chi connectivity index (χ2n) is 8.06. The van der Waals surface area contributed by atoms with Gasteiger partial charge in [-0.1, -0.05) is 48.0 Å². The summed E-state index contributed by atoms with van der Waals surface area (Å²) in [6.07, 6.45) is -1.71. The van der Waals surface area contributed by atoms with Crippen molar-refractivity contribution in [1.29, 1.82) is 0 Å². The van der Waals surface area contributed by atoms with Crippen molar-refractivity contribution >= 4 is 16.2 Å². The molecule has 0 fully saturated rings. The lowest BCUT2D eigenvalue weighted by Crippen LogP contribution is -2.48. The van der Waals surface area contributed by atoms with Crippen LogP contribution < -0.4 is 5.32 Å². The molecule has 2 aromatic carbocycles. The van der Waals surface area contributed by atoms with Gasteiger partial charge in [-0.3, -0.25) is 4.18 Å². The summed E-state index contributed by atoms with van der Waals surface area (Å²) < 4.78 is 35.1. The van der Waals surface area contributed by atoms with Crippen molar-refractivity contribution in [2.75, 3.05) is 6.61 Å². The predicted octanol–water partition coefficient (Wildman–Crippen LogP) is 3.20. The van der Waals surface area contributed by atoms with Crippen molar-refractivity contribution in [2.45, 2.75) is 56.8 Å². The molecule has 0 saturated heterocycles. The topological polar surface area (TPSA) is 102 Å². The Morgan fingerprint density at radius 1 is 1.07 bits per heavy atom. The normalized spacial score (nSPS) is 14.0. The van der Waals surface area contributed by atoms with Gasteiger partial charge in [0.15, 0.2) is 0 Å². The fraction of sp³-hybridized carbons (Fsp3) is 0.409. The van der Waals surface area contributed by atoms with E-state index in [4.69, 9.17) is 8.92 Å². The molecule has 2 N–H and O–H groups in total. The van der Waals surface area contributed by atoms with Gasteiger partial charge in [0, 0.05) is 0 Å². The summed E-state index contributed by atoms with van der Waals surface area (Å²) in [5.74, 6) is 0. The smallest absolute Gasteiger partial charge is 0.407 e. The molecule has 0 aliphatic heterocycles. The lowest BCUT2D eigenvalue weighted by atomic mass is 10.0. The quantitative estimate of drug-likeness (QED) is 0.618. The van der Waals surface area contributed by atoms with Crippen molar-refractivity contribution in [2.24, 2.45) is 0 Å². The molecule has 0 heterocycles. The number of aliphatic hydroxyl groups is 1. The standard InChI is InChI=1S/C22H29NO6S/c1-16-10-12-18(13-11-16)30(26,27)28-15-20(24)19(14-17-8-6-5-7-9-17)23-21(25)29-22(2,3)4/h5-13,19-20,24H,14-15H2,1-4H3,(H,23,25)/t19-,20-/m1/s1. The number of hydrogen-bond acceptors (Lipinski definition) is 6. The number of alkyl carbamates (subject to hydrolysis) is 1. The first kappa shape index (κ1) is 23.9. The van der Waals surface area contributed by atoms with Gasteiger partial charge in [-0.25, -0.2) is 4.79 Å². The fourth-order valence-corrected chi connectivity index (χ4v) is 3.58. The maximum atomic E-state index is 12.4. The maximum Gasteiger partial charge on any atom is 0.407 e. The Morgan fingerprint density at radius 2 is 1.67 bits per heavy atom. The number of carbonyl (C=O) groups is 1. The summed E-state index contributed by atoms with van der Waals surface area (Å²) in [6.45, 7) is 6.52. The van der Waals surface area contributed by atoms with Gasteiger partial charge in [-0.15, -0.1) is 0 Å². The molecule has 0 aliphatic carbocycles. The zero-order valence-electron chi connectivity index (χ0n) is 17.7. The van der Waals surface area contributed by atoms with E-state index in [9.17, 15) is 18.3 Å². The van der Waals surface area contributed by atoms with E-state index < -0.39 is 40.6 Å². The van der Waals surface area contributed by atoms with Gasteiger partial charge in [-0.2, -0.15) is 8.42 Å². The van der Waals surface area contributed by atoms with E-state index in [1.165, 1.54) is 12.1 Å². The van der Waals surface area contributed by atoms with Crippen LogP contribution in [0.1, 0.15) is 31.9 Å². The molecule has 30 heavy (non-hydrogen) atoms. The Kier molecular flexibility index (Phi) is 8.00. The largest absolute Gasteiger partial charge is 0.444 e. The average Bonchev–Trinajstić information content (AvgIpc) is 2.65. The Bertz CT molecular complexity index is 920. The molecular weight excluding hydrogens is 406 g/mol. The molecule has 8 heteroatoms. The summed E-state index contributed by atoms with van der Waals surface area (Å²) in [6, 6.07) is 14.6. The van der Waals surface area contributed by atoms with Crippen LogP contribution in [0.15, 0.2) is 59.5 Å². The molecule has 2 aromatic rings. The van der Waals surface area contributed by atoms with E-state index in [2.05, 4.69) is 5.32 Å². The molecule has 0 unspecified atom stereocenters. The highest BCUT2D eigenvalue weighted by atomic mass is 32.2. The van der Waals surface area contributed by atoms with Crippen molar-refractivity contribution in [3.8, 4) is 0 Å². The monoisotopic (exact) mass is 435 g/mol. The molecule has 0 saturated carbocycles. The number of amides is 1. The fourth-order valence-electron chi connectivity index (χ4n) is 2.66. The molecule has 0 bridgehead atoms. The number of aliphatic hydroxyl groups excluding tert-OH is 1. The van der Waals surface area contributed by atoms with Crippen LogP contribution in [0.25, 0.3) is 0 Å². The van der Waals surface area contributed by atoms with Gasteiger partial charge in [-0.05, 0) is 51.8 Å². The first-order valence-electron chi connectivity index (χ1n) is 9.64. The number of carbonyl (C=O) groups excluding carboxylic acids is 1. The van der Waals surface area contributed by atoms with Crippen LogP contribution in [0.2, 0.25) is 0 Å². The Morgan fingerprint density at radius 3 is 2.23 bits per heavy atom. The lowest BCUT2D eigenvalue weighted by Gasteiger charge is -2.26. The van der Waals surface area contributed by atoms with E-state index in [0.29, 0.717) is 0 Å². The van der Waals surface area contributed by atoms with Gasteiger partial charge in [0.1, 0.15) is 5.60 Å². The van der Waals surface area contributed by atoms with Gasteiger partial charge >= 0.3 is 6.09 Å². The van der Waals surface area contributed by atoms with Crippen molar-refractivity contribution < 1.29 is 27.2 Å². The first-order chi connectivity index (χ1) is 14.0. The minimum Gasteiger partial charge on any atom is -0.444 e. The SMILES string of the molecule is Cc1ccc(S(=O)(=O)OC[C@@H](O)[C@@H](Cc2ccccc2)NC(=O)OC(C)(C)C)cc1. The van der Waals surface area contributed by atoms with Crippen LogP contribution >= 0.6 is 0 Å². The minimum atomic E-state index is -4.04. The third-order valence-corrected chi connectivity index (χ3v) is 5.46. The summed E-state index contributed by atoms with van der Waals surface area (Å²) in [4.78, 5) is 12.2. The van der Waals surface area contributed by atoms with E-state index >= 15 is 0 Å². The van der Waals surface area contributed by atoms with E-state index in [-0.39, 0.29) is 11.3 Å². The molecule has 2 rings (SSSR count). The molecule has 0 aliphatic rings. The van der Waals surface area contributed by atoms with E-state index in [0.717, 1.165) is 11.1 Å². The zero-order valence-corrected chi connectivity index (χ0v) is 18.5. The number of aryl methyl sites for hydroxylation is 1. The van der Waals surface area contributed by atoms with Gasteiger partial charge in [0.25, 0.3) is 10.1 Å². The number of rotatable bonds is 8. The van der Waals surface area contributed by atoms with Crippen molar-refractivity contribution in [3.05, 3.63) is 65.7 Å². The van der Waals surface area contributed by atoms with E-state index in [1.54, 1.807) is 32.9 Å². The number of hydrogen-bond donors (Lipinski definition) is 2. The van der Waals surface area contributed by atoms with Gasteiger partial charge in [0.05, 0.1) is 23.6 Å². The predicted molar refractivity (Wildman–Crippen MR) is 114 cm³/mol. The molecule has 2 atom stereocenters. The summed E-state index contributed by atoms with van der Waals surface area (Å²) >= 11 is 0. The number of ether oxygens (including phenoxy) is 1. The first-order valence-corrected chi connectivity index (χ1v) is 11.0. The van der Waals surface area contributed by atoms with Crippen LogP contribution in [-0.4, -0.2) is 44.0 Å². The Labute approximate surface area is 178 Å².